The smallest absolute Gasteiger partial charge is 0.0594 e. The molecular weight excluding hydrogens is 200 g/mol. The van der Waals surface area contributed by atoms with Crippen molar-refractivity contribution in [3.05, 3.63) is 35.9 Å². The van der Waals surface area contributed by atoms with Gasteiger partial charge in [0.25, 0.3) is 0 Å². The molecule has 1 fully saturated rings. The standard InChI is InChI=1S/C13H20N2O/c1-11(14)13(12-5-3-2-4-6-12)15-7-9-16-10-8-15/h2-6,11,13H,7-10,14H2,1H3/t11-,13+/m1/s1. The lowest BCUT2D eigenvalue weighted by molar-refractivity contribution is 0.0116. The van der Waals surface area contributed by atoms with Crippen molar-refractivity contribution in [1.82, 2.24) is 4.90 Å². The van der Waals surface area contributed by atoms with Gasteiger partial charge >= 0.3 is 0 Å². The van der Waals surface area contributed by atoms with Crippen LogP contribution in [0.25, 0.3) is 0 Å². The molecule has 0 aromatic heterocycles. The van der Waals surface area contributed by atoms with Crippen LogP contribution >= 0.6 is 0 Å². The largest absolute Gasteiger partial charge is 0.379 e. The molecule has 1 aromatic carbocycles. The SMILES string of the molecule is C[C@@H](N)[C@@H](c1ccccc1)N1CCOCC1. The van der Waals surface area contributed by atoms with Gasteiger partial charge in [0.05, 0.1) is 13.2 Å². The Balaban J connectivity index is 2.16. The predicted molar refractivity (Wildman–Crippen MR) is 65.2 cm³/mol. The second kappa shape index (κ2) is 5.43. The summed E-state index contributed by atoms with van der Waals surface area (Å²) in [5.74, 6) is 0. The van der Waals surface area contributed by atoms with Gasteiger partial charge in [0.1, 0.15) is 0 Å². The number of ether oxygens (including phenoxy) is 1. The number of hydrogen-bond donors (Lipinski definition) is 1. The number of nitrogens with two attached hydrogens (primary N) is 1. The van der Waals surface area contributed by atoms with E-state index in [1.54, 1.807) is 0 Å². The molecule has 1 aromatic rings. The van der Waals surface area contributed by atoms with Gasteiger partial charge in [0.15, 0.2) is 0 Å². The molecule has 88 valence electrons. The van der Waals surface area contributed by atoms with E-state index in [2.05, 4.69) is 36.1 Å². The number of nitrogens with zero attached hydrogens (tertiary/aromatic N) is 1. The van der Waals surface area contributed by atoms with Gasteiger partial charge in [0, 0.05) is 25.2 Å². The molecule has 0 amide bonds. The predicted octanol–water partition coefficient (Wildman–Crippen LogP) is 1.41. The molecule has 2 N–H and O–H groups in total. The Hall–Kier alpha value is -0.900. The highest BCUT2D eigenvalue weighted by atomic mass is 16.5. The molecule has 0 radical (unpaired) electrons. The zero-order valence-electron chi connectivity index (χ0n) is 9.80. The molecule has 0 unspecified atom stereocenters. The third-order valence-electron chi connectivity index (χ3n) is 3.08. The van der Waals surface area contributed by atoms with E-state index in [1.165, 1.54) is 5.56 Å². The first kappa shape index (κ1) is 11.6. The highest BCUT2D eigenvalue weighted by Crippen LogP contribution is 2.23. The molecular formula is C13H20N2O. The van der Waals surface area contributed by atoms with Crippen LogP contribution in [0.15, 0.2) is 30.3 Å². The van der Waals surface area contributed by atoms with E-state index in [4.69, 9.17) is 10.5 Å². The summed E-state index contributed by atoms with van der Waals surface area (Å²) in [4.78, 5) is 2.42. The first-order chi connectivity index (χ1) is 7.79. The Morgan fingerprint density at radius 1 is 1.19 bits per heavy atom. The molecule has 3 heteroatoms. The fraction of sp³-hybridized carbons (Fsp3) is 0.538. The minimum absolute atomic E-state index is 0.139. The zero-order chi connectivity index (χ0) is 11.4. The van der Waals surface area contributed by atoms with Crippen LogP contribution in [0.2, 0.25) is 0 Å². The second-order valence-corrected chi connectivity index (χ2v) is 4.36. The molecule has 1 aliphatic heterocycles. The Morgan fingerprint density at radius 3 is 2.38 bits per heavy atom. The average Bonchev–Trinajstić information content (AvgIpc) is 2.31. The molecule has 3 nitrogen and oxygen atoms in total. The summed E-state index contributed by atoms with van der Waals surface area (Å²) in [6.45, 7) is 5.65. The average molecular weight is 220 g/mol. The topological polar surface area (TPSA) is 38.5 Å². The summed E-state index contributed by atoms with van der Waals surface area (Å²) in [5, 5.41) is 0. The molecule has 1 saturated heterocycles. The van der Waals surface area contributed by atoms with Crippen molar-refractivity contribution in [2.24, 2.45) is 5.73 Å². The molecule has 0 aliphatic carbocycles. The van der Waals surface area contributed by atoms with Crippen LogP contribution < -0.4 is 5.73 Å². The minimum Gasteiger partial charge on any atom is -0.379 e. The van der Waals surface area contributed by atoms with Gasteiger partial charge in [-0.2, -0.15) is 0 Å². The number of benzene rings is 1. The third kappa shape index (κ3) is 2.61. The van der Waals surface area contributed by atoms with E-state index < -0.39 is 0 Å². The monoisotopic (exact) mass is 220 g/mol. The summed E-state index contributed by atoms with van der Waals surface area (Å²) in [6.07, 6.45) is 0. The Morgan fingerprint density at radius 2 is 1.81 bits per heavy atom. The van der Waals surface area contributed by atoms with Gasteiger partial charge in [0.2, 0.25) is 0 Å². The maximum atomic E-state index is 6.12. The van der Waals surface area contributed by atoms with E-state index in [0.29, 0.717) is 6.04 Å². The Labute approximate surface area is 97.2 Å². The molecule has 1 heterocycles. The van der Waals surface area contributed by atoms with Crippen molar-refractivity contribution in [2.75, 3.05) is 26.3 Å². The van der Waals surface area contributed by atoms with Crippen LogP contribution in [-0.4, -0.2) is 37.2 Å². The van der Waals surface area contributed by atoms with Crippen molar-refractivity contribution in [1.29, 1.82) is 0 Å². The lowest BCUT2D eigenvalue weighted by atomic mass is 9.99. The lowest BCUT2D eigenvalue weighted by Crippen LogP contribution is -2.45. The fourth-order valence-corrected chi connectivity index (χ4v) is 2.35. The molecule has 0 bridgehead atoms. The van der Waals surface area contributed by atoms with Crippen molar-refractivity contribution >= 4 is 0 Å². The molecule has 16 heavy (non-hydrogen) atoms. The van der Waals surface area contributed by atoms with E-state index in [-0.39, 0.29) is 6.04 Å². The van der Waals surface area contributed by atoms with Crippen molar-refractivity contribution in [3.8, 4) is 0 Å². The molecule has 2 atom stereocenters. The quantitative estimate of drug-likeness (QED) is 0.837. The van der Waals surface area contributed by atoms with Gasteiger partial charge < -0.3 is 10.5 Å². The first-order valence-corrected chi connectivity index (χ1v) is 5.91. The van der Waals surface area contributed by atoms with Crippen molar-refractivity contribution in [3.63, 3.8) is 0 Å². The zero-order valence-corrected chi connectivity index (χ0v) is 9.80. The van der Waals surface area contributed by atoms with Crippen LogP contribution in [0.5, 0.6) is 0 Å². The van der Waals surface area contributed by atoms with Gasteiger partial charge in [-0.3, -0.25) is 4.90 Å². The maximum absolute atomic E-state index is 6.12. The maximum Gasteiger partial charge on any atom is 0.0594 e. The van der Waals surface area contributed by atoms with Crippen LogP contribution in [0.1, 0.15) is 18.5 Å². The molecule has 2 rings (SSSR count). The van der Waals surface area contributed by atoms with Crippen LogP contribution in [-0.2, 0) is 4.74 Å². The van der Waals surface area contributed by atoms with Crippen molar-refractivity contribution in [2.45, 2.75) is 19.0 Å². The van der Waals surface area contributed by atoms with Gasteiger partial charge in [-0.1, -0.05) is 30.3 Å². The van der Waals surface area contributed by atoms with Gasteiger partial charge in [-0.25, -0.2) is 0 Å². The Kier molecular flexibility index (Phi) is 3.93. The number of morpholine rings is 1. The summed E-state index contributed by atoms with van der Waals surface area (Å²) in [5.41, 5.74) is 7.42. The minimum atomic E-state index is 0.139. The van der Waals surface area contributed by atoms with Crippen LogP contribution in [0, 0.1) is 0 Å². The van der Waals surface area contributed by atoms with E-state index >= 15 is 0 Å². The second-order valence-electron chi connectivity index (χ2n) is 4.36. The summed E-state index contributed by atoms with van der Waals surface area (Å²) in [6, 6.07) is 11.0. The molecule has 0 saturated carbocycles. The highest BCUT2D eigenvalue weighted by Gasteiger charge is 2.25. The highest BCUT2D eigenvalue weighted by molar-refractivity contribution is 5.20. The number of hydrogen-bond acceptors (Lipinski definition) is 3. The summed E-state index contributed by atoms with van der Waals surface area (Å²) in [7, 11) is 0. The van der Waals surface area contributed by atoms with E-state index in [0.717, 1.165) is 26.3 Å². The van der Waals surface area contributed by atoms with Crippen molar-refractivity contribution < 1.29 is 4.74 Å². The Bertz CT molecular complexity index is 307. The van der Waals surface area contributed by atoms with Gasteiger partial charge in [-0.05, 0) is 12.5 Å². The fourth-order valence-electron chi connectivity index (χ4n) is 2.35. The van der Waals surface area contributed by atoms with Crippen LogP contribution in [0.4, 0.5) is 0 Å². The summed E-state index contributed by atoms with van der Waals surface area (Å²) < 4.78 is 5.38. The number of rotatable bonds is 3. The van der Waals surface area contributed by atoms with E-state index in [9.17, 15) is 0 Å². The third-order valence-corrected chi connectivity index (χ3v) is 3.08. The normalized spacial score (nSPS) is 21.6. The molecule has 0 spiro atoms. The lowest BCUT2D eigenvalue weighted by Gasteiger charge is -2.36. The molecule has 1 aliphatic rings. The van der Waals surface area contributed by atoms with Gasteiger partial charge in [-0.15, -0.1) is 0 Å². The van der Waals surface area contributed by atoms with Crippen LogP contribution in [0.3, 0.4) is 0 Å². The van der Waals surface area contributed by atoms with E-state index in [1.807, 2.05) is 6.07 Å². The summed E-state index contributed by atoms with van der Waals surface area (Å²) >= 11 is 0. The first-order valence-electron chi connectivity index (χ1n) is 5.91.